The summed E-state index contributed by atoms with van der Waals surface area (Å²) < 4.78 is 0. The fourth-order valence-corrected chi connectivity index (χ4v) is 4.37. The molecule has 1 heterocycles. The lowest BCUT2D eigenvalue weighted by atomic mass is 9.77. The molecular weight excluding hydrogens is 242 g/mol. The summed E-state index contributed by atoms with van der Waals surface area (Å²) in [4.78, 5) is 2.60. The van der Waals surface area contributed by atoms with Crippen molar-refractivity contribution in [2.75, 3.05) is 18.0 Å². The molecule has 0 radical (unpaired) electrons. The molecule has 2 saturated carbocycles. The van der Waals surface area contributed by atoms with Crippen molar-refractivity contribution in [1.82, 2.24) is 0 Å². The van der Waals surface area contributed by atoms with E-state index in [1.807, 2.05) is 0 Å². The van der Waals surface area contributed by atoms with Crippen LogP contribution in [-0.4, -0.2) is 13.1 Å². The molecular formula is C19H27N. The highest BCUT2D eigenvalue weighted by Gasteiger charge is 2.44. The Hall–Kier alpha value is -0.980. The number of rotatable bonds is 2. The van der Waals surface area contributed by atoms with Gasteiger partial charge in [-0.3, -0.25) is 0 Å². The van der Waals surface area contributed by atoms with Crippen LogP contribution in [-0.2, 0) is 0 Å². The minimum atomic E-state index is 0.820. The molecule has 0 amide bonds. The van der Waals surface area contributed by atoms with Crippen LogP contribution in [0.2, 0.25) is 0 Å². The van der Waals surface area contributed by atoms with Crippen LogP contribution in [0.1, 0.15) is 69.3 Å². The minimum Gasteiger partial charge on any atom is -0.372 e. The number of benzene rings is 1. The molecule has 0 aromatic heterocycles. The maximum Gasteiger partial charge on any atom is 0.0369 e. The first kappa shape index (κ1) is 12.7. The quantitative estimate of drug-likeness (QED) is 0.720. The van der Waals surface area contributed by atoms with Gasteiger partial charge in [-0.25, -0.2) is 0 Å². The average molecular weight is 269 g/mol. The van der Waals surface area contributed by atoms with E-state index >= 15 is 0 Å². The molecule has 20 heavy (non-hydrogen) atoms. The Kier molecular flexibility index (Phi) is 3.24. The van der Waals surface area contributed by atoms with Gasteiger partial charge < -0.3 is 4.90 Å². The first-order chi connectivity index (χ1) is 9.85. The van der Waals surface area contributed by atoms with Crippen LogP contribution in [0.3, 0.4) is 0 Å². The van der Waals surface area contributed by atoms with Crippen LogP contribution in [0, 0.1) is 5.41 Å². The van der Waals surface area contributed by atoms with Gasteiger partial charge in [0.1, 0.15) is 0 Å². The molecule has 3 aliphatic rings. The fourth-order valence-electron chi connectivity index (χ4n) is 4.37. The van der Waals surface area contributed by atoms with Crippen molar-refractivity contribution in [1.29, 1.82) is 0 Å². The fraction of sp³-hybridized carbons (Fsp3) is 0.684. The number of anilines is 1. The Bertz CT molecular complexity index is 458. The van der Waals surface area contributed by atoms with Crippen molar-refractivity contribution in [3.05, 3.63) is 29.8 Å². The van der Waals surface area contributed by atoms with Gasteiger partial charge >= 0.3 is 0 Å². The van der Waals surface area contributed by atoms with Crippen molar-refractivity contribution in [2.45, 2.75) is 63.7 Å². The average Bonchev–Trinajstić information content (AvgIpc) is 3.28. The van der Waals surface area contributed by atoms with Crippen LogP contribution in [0.4, 0.5) is 5.69 Å². The molecule has 1 aromatic rings. The molecule has 1 saturated heterocycles. The Balaban J connectivity index is 1.47. The third-order valence-electron chi connectivity index (χ3n) is 6.07. The molecule has 0 atom stereocenters. The van der Waals surface area contributed by atoms with E-state index in [2.05, 4.69) is 29.2 Å². The molecule has 1 heteroatoms. The van der Waals surface area contributed by atoms with Gasteiger partial charge in [0.25, 0.3) is 0 Å². The van der Waals surface area contributed by atoms with Gasteiger partial charge in [0.05, 0.1) is 0 Å². The summed E-state index contributed by atoms with van der Waals surface area (Å²) >= 11 is 0. The van der Waals surface area contributed by atoms with Crippen LogP contribution >= 0.6 is 0 Å². The van der Waals surface area contributed by atoms with Crippen molar-refractivity contribution in [3.8, 4) is 0 Å². The number of piperidine rings is 1. The summed E-state index contributed by atoms with van der Waals surface area (Å²) in [5.74, 6) is 0.839. The highest BCUT2D eigenvalue weighted by Crippen LogP contribution is 2.58. The molecule has 1 spiro atoms. The van der Waals surface area contributed by atoms with Gasteiger partial charge in [-0.2, -0.15) is 0 Å². The molecule has 0 unspecified atom stereocenters. The van der Waals surface area contributed by atoms with Crippen molar-refractivity contribution in [2.24, 2.45) is 5.41 Å². The van der Waals surface area contributed by atoms with Gasteiger partial charge in [0.2, 0.25) is 0 Å². The minimum absolute atomic E-state index is 0.820. The summed E-state index contributed by atoms with van der Waals surface area (Å²) in [5.41, 5.74) is 3.92. The summed E-state index contributed by atoms with van der Waals surface area (Å²) in [6, 6.07) is 9.49. The third-order valence-corrected chi connectivity index (χ3v) is 6.07. The second kappa shape index (κ2) is 5.09. The van der Waals surface area contributed by atoms with Gasteiger partial charge in [-0.1, -0.05) is 12.1 Å². The highest BCUT2D eigenvalue weighted by atomic mass is 15.1. The number of hydrogen-bond donors (Lipinski definition) is 0. The lowest BCUT2D eigenvalue weighted by Gasteiger charge is -2.31. The maximum absolute atomic E-state index is 2.60. The Morgan fingerprint density at radius 1 is 0.900 bits per heavy atom. The third kappa shape index (κ3) is 2.47. The highest BCUT2D eigenvalue weighted by molar-refractivity contribution is 5.49. The molecule has 1 nitrogen and oxygen atoms in total. The van der Waals surface area contributed by atoms with Gasteiger partial charge in [0.15, 0.2) is 0 Å². The summed E-state index contributed by atoms with van der Waals surface area (Å²) in [6.07, 6.45) is 13.1. The van der Waals surface area contributed by atoms with E-state index in [0.29, 0.717) is 0 Å². The first-order valence-electron chi connectivity index (χ1n) is 8.70. The van der Waals surface area contributed by atoms with Crippen molar-refractivity contribution < 1.29 is 0 Å². The predicted octanol–water partition coefficient (Wildman–Crippen LogP) is 5.11. The summed E-state index contributed by atoms with van der Waals surface area (Å²) in [5, 5.41) is 0. The second-order valence-electron chi connectivity index (χ2n) is 7.42. The molecule has 3 fully saturated rings. The molecule has 108 valence electrons. The van der Waals surface area contributed by atoms with E-state index < -0.39 is 0 Å². The SMILES string of the molecule is c1cc(C2CCC3(CC2)CC3)cc(N2CCCCC2)c1. The molecule has 4 rings (SSSR count). The van der Waals surface area contributed by atoms with E-state index in [1.54, 1.807) is 5.56 Å². The Morgan fingerprint density at radius 3 is 2.35 bits per heavy atom. The normalized spacial score (nSPS) is 25.9. The van der Waals surface area contributed by atoms with Crippen LogP contribution < -0.4 is 4.90 Å². The van der Waals surface area contributed by atoms with Crippen molar-refractivity contribution >= 4 is 5.69 Å². The van der Waals surface area contributed by atoms with Crippen molar-refractivity contribution in [3.63, 3.8) is 0 Å². The number of hydrogen-bond acceptors (Lipinski definition) is 1. The lowest BCUT2D eigenvalue weighted by Crippen LogP contribution is -2.29. The van der Waals surface area contributed by atoms with E-state index in [0.717, 1.165) is 11.3 Å². The summed E-state index contributed by atoms with van der Waals surface area (Å²) in [7, 11) is 0. The second-order valence-corrected chi connectivity index (χ2v) is 7.42. The van der Waals surface area contributed by atoms with Crippen LogP contribution in [0.5, 0.6) is 0 Å². The van der Waals surface area contributed by atoms with Gasteiger partial charge in [0, 0.05) is 18.8 Å². The maximum atomic E-state index is 2.60. The molecule has 0 bridgehead atoms. The Morgan fingerprint density at radius 2 is 1.65 bits per heavy atom. The Labute approximate surface area is 123 Å². The van der Waals surface area contributed by atoms with Crippen LogP contribution in [0.15, 0.2) is 24.3 Å². The van der Waals surface area contributed by atoms with E-state index in [4.69, 9.17) is 0 Å². The monoisotopic (exact) mass is 269 g/mol. The predicted molar refractivity (Wildman–Crippen MR) is 85.4 cm³/mol. The van der Waals surface area contributed by atoms with E-state index in [1.165, 1.54) is 76.6 Å². The molecule has 2 aliphatic carbocycles. The largest absolute Gasteiger partial charge is 0.372 e. The lowest BCUT2D eigenvalue weighted by molar-refractivity contribution is 0.306. The van der Waals surface area contributed by atoms with Crippen LogP contribution in [0.25, 0.3) is 0 Å². The standard InChI is InChI=1S/C19H27N/c1-2-13-20(14-3-1)18-6-4-5-17(15-18)16-7-9-19(10-8-16)11-12-19/h4-6,15-16H,1-3,7-14H2. The van der Waals surface area contributed by atoms with E-state index in [9.17, 15) is 0 Å². The summed E-state index contributed by atoms with van der Waals surface area (Å²) in [6.45, 7) is 2.52. The zero-order valence-electron chi connectivity index (χ0n) is 12.6. The number of nitrogens with zero attached hydrogens (tertiary/aromatic N) is 1. The molecule has 1 aromatic carbocycles. The van der Waals surface area contributed by atoms with Gasteiger partial charge in [-0.05, 0) is 86.8 Å². The first-order valence-corrected chi connectivity index (χ1v) is 8.70. The zero-order chi connectivity index (χ0) is 13.4. The molecule has 0 N–H and O–H groups in total. The smallest absolute Gasteiger partial charge is 0.0369 e. The van der Waals surface area contributed by atoms with E-state index in [-0.39, 0.29) is 0 Å². The topological polar surface area (TPSA) is 3.24 Å². The molecule has 1 aliphatic heterocycles. The zero-order valence-corrected chi connectivity index (χ0v) is 12.6. The van der Waals surface area contributed by atoms with Gasteiger partial charge in [-0.15, -0.1) is 0 Å².